The van der Waals surface area contributed by atoms with Gasteiger partial charge in [-0.3, -0.25) is 4.90 Å². The van der Waals surface area contributed by atoms with E-state index in [0.29, 0.717) is 18.9 Å². The van der Waals surface area contributed by atoms with Crippen LogP contribution in [0.15, 0.2) is 12.3 Å². The summed E-state index contributed by atoms with van der Waals surface area (Å²) in [6, 6.07) is 0.913. The first-order valence-electron chi connectivity index (χ1n) is 7.52. The van der Waals surface area contributed by atoms with Crippen LogP contribution < -0.4 is 4.90 Å². The summed E-state index contributed by atoms with van der Waals surface area (Å²) >= 11 is 5.82. The highest BCUT2D eigenvalue weighted by molar-refractivity contribution is 6.28. The van der Waals surface area contributed by atoms with E-state index < -0.39 is 23.7 Å². The van der Waals surface area contributed by atoms with Crippen molar-refractivity contribution in [2.75, 3.05) is 31.6 Å². The maximum absolute atomic E-state index is 12.4. The maximum atomic E-state index is 12.4. The highest BCUT2D eigenvalue weighted by Crippen LogP contribution is 2.21. The zero-order chi connectivity index (χ0) is 17.9. The molecule has 24 heavy (non-hydrogen) atoms. The topological polar surface area (TPSA) is 84.9 Å². The molecule has 0 saturated carbocycles. The minimum absolute atomic E-state index is 0.122. The van der Waals surface area contributed by atoms with Gasteiger partial charge in [0, 0.05) is 19.3 Å². The molecule has 0 aliphatic carbocycles. The Morgan fingerprint density at radius 2 is 2.04 bits per heavy atom. The Bertz CT molecular complexity index is 620. The number of ether oxygens (including phenoxy) is 2. The Kier molecular flexibility index (Phi) is 5.48. The predicted octanol–water partition coefficient (Wildman–Crippen LogP) is 1.73. The lowest BCUT2D eigenvalue weighted by atomic mass is 10.1. The van der Waals surface area contributed by atoms with E-state index >= 15 is 0 Å². The second-order valence-corrected chi connectivity index (χ2v) is 6.68. The van der Waals surface area contributed by atoms with Gasteiger partial charge in [-0.05, 0) is 38.4 Å². The summed E-state index contributed by atoms with van der Waals surface area (Å²) in [5.41, 5.74) is -0.644. The van der Waals surface area contributed by atoms with Crippen LogP contribution in [0.1, 0.15) is 20.8 Å². The number of hydrogen-bond acceptors (Lipinski definition) is 7. The third kappa shape index (κ3) is 4.47. The van der Waals surface area contributed by atoms with E-state index in [-0.39, 0.29) is 11.8 Å². The number of esters is 1. The van der Waals surface area contributed by atoms with Gasteiger partial charge in [-0.15, -0.1) is 0 Å². The fourth-order valence-corrected chi connectivity index (χ4v) is 2.51. The van der Waals surface area contributed by atoms with Crippen molar-refractivity contribution in [2.24, 2.45) is 0 Å². The molecular weight excluding hydrogens is 336 g/mol. The molecule has 0 N–H and O–H groups in total. The lowest BCUT2D eigenvalue weighted by Gasteiger charge is -2.40. The van der Waals surface area contributed by atoms with E-state index in [0.717, 1.165) is 0 Å². The first-order valence-corrected chi connectivity index (χ1v) is 7.90. The van der Waals surface area contributed by atoms with Crippen LogP contribution in [-0.2, 0) is 14.3 Å². The van der Waals surface area contributed by atoms with Crippen LogP contribution >= 0.6 is 11.6 Å². The zero-order valence-corrected chi connectivity index (χ0v) is 14.9. The minimum atomic E-state index is -0.785. The average molecular weight is 357 g/mol. The van der Waals surface area contributed by atoms with Crippen LogP contribution in [0.25, 0.3) is 0 Å². The molecule has 2 heterocycles. The number of anilines is 1. The molecule has 1 aliphatic heterocycles. The smallest absolute Gasteiger partial charge is 0.411 e. The van der Waals surface area contributed by atoms with Gasteiger partial charge in [0.05, 0.1) is 13.7 Å². The maximum Gasteiger partial charge on any atom is 0.411 e. The van der Waals surface area contributed by atoms with E-state index in [1.807, 2.05) is 4.90 Å². The fraction of sp³-hybridized carbons (Fsp3) is 0.600. The van der Waals surface area contributed by atoms with Crippen molar-refractivity contribution in [1.82, 2.24) is 14.9 Å². The summed E-state index contributed by atoms with van der Waals surface area (Å²) < 4.78 is 10.2. The van der Waals surface area contributed by atoms with Gasteiger partial charge in [0.2, 0.25) is 5.28 Å². The summed E-state index contributed by atoms with van der Waals surface area (Å²) in [5.74, 6) is 0.0819. The predicted molar refractivity (Wildman–Crippen MR) is 88.0 cm³/mol. The highest BCUT2D eigenvalue weighted by Gasteiger charge is 2.38. The van der Waals surface area contributed by atoms with Gasteiger partial charge in [0.1, 0.15) is 11.4 Å². The molecule has 132 valence electrons. The quantitative estimate of drug-likeness (QED) is 0.589. The molecule has 0 bridgehead atoms. The van der Waals surface area contributed by atoms with Gasteiger partial charge in [-0.25, -0.2) is 19.6 Å². The number of halogens is 1. The third-order valence-electron chi connectivity index (χ3n) is 3.42. The fourth-order valence-electron chi connectivity index (χ4n) is 2.37. The summed E-state index contributed by atoms with van der Waals surface area (Å²) in [7, 11) is 1.29. The molecule has 9 heteroatoms. The Hall–Kier alpha value is -2.09. The molecule has 1 aromatic rings. The molecular formula is C15H21ClN4O4. The van der Waals surface area contributed by atoms with Crippen molar-refractivity contribution in [3.05, 3.63) is 17.5 Å². The summed E-state index contributed by atoms with van der Waals surface area (Å²) in [4.78, 5) is 35.7. The minimum Gasteiger partial charge on any atom is -0.467 e. The van der Waals surface area contributed by atoms with Gasteiger partial charge in [0.15, 0.2) is 6.04 Å². The number of piperazine rings is 1. The van der Waals surface area contributed by atoms with Crippen LogP contribution in [0.5, 0.6) is 0 Å². The molecule has 1 atom stereocenters. The van der Waals surface area contributed by atoms with Crippen molar-refractivity contribution >= 4 is 29.5 Å². The van der Waals surface area contributed by atoms with Crippen molar-refractivity contribution in [1.29, 1.82) is 0 Å². The van der Waals surface area contributed by atoms with E-state index in [1.54, 1.807) is 26.8 Å². The molecule has 1 amide bonds. The van der Waals surface area contributed by atoms with Crippen LogP contribution in [0, 0.1) is 0 Å². The van der Waals surface area contributed by atoms with Crippen molar-refractivity contribution in [3.8, 4) is 0 Å². The average Bonchev–Trinajstić information content (AvgIpc) is 2.52. The van der Waals surface area contributed by atoms with Crippen molar-refractivity contribution in [2.45, 2.75) is 32.4 Å². The van der Waals surface area contributed by atoms with Crippen LogP contribution in [0.4, 0.5) is 10.6 Å². The third-order valence-corrected chi connectivity index (χ3v) is 3.60. The molecule has 1 saturated heterocycles. The molecule has 1 unspecified atom stereocenters. The largest absolute Gasteiger partial charge is 0.467 e. The van der Waals surface area contributed by atoms with E-state index in [2.05, 4.69) is 9.97 Å². The first kappa shape index (κ1) is 18.3. The standard InChI is InChI=1S/C15H21ClN4O4/c1-15(2,3)24-14(22)20-8-7-19(9-10(20)12(21)23-4)11-5-6-17-13(16)18-11/h5-6,10H,7-9H2,1-4H3. The number of nitrogens with zero attached hydrogens (tertiary/aromatic N) is 4. The molecule has 8 nitrogen and oxygen atoms in total. The summed E-state index contributed by atoms with van der Waals surface area (Å²) in [5, 5.41) is 0.122. The van der Waals surface area contributed by atoms with Gasteiger partial charge in [-0.1, -0.05) is 0 Å². The highest BCUT2D eigenvalue weighted by atomic mass is 35.5. The van der Waals surface area contributed by atoms with Crippen LogP contribution in [0.2, 0.25) is 5.28 Å². The second kappa shape index (κ2) is 7.21. The number of amides is 1. The zero-order valence-electron chi connectivity index (χ0n) is 14.2. The molecule has 0 spiro atoms. The Morgan fingerprint density at radius 1 is 1.33 bits per heavy atom. The molecule has 2 rings (SSSR count). The number of hydrogen-bond donors (Lipinski definition) is 0. The number of aromatic nitrogens is 2. The van der Waals surface area contributed by atoms with Crippen molar-refractivity contribution < 1.29 is 19.1 Å². The Morgan fingerprint density at radius 3 is 2.62 bits per heavy atom. The lowest BCUT2D eigenvalue weighted by Crippen LogP contribution is -2.59. The first-order chi connectivity index (χ1) is 11.2. The number of carbonyl (C=O) groups is 2. The normalized spacial score (nSPS) is 18.3. The number of rotatable bonds is 2. The molecule has 1 fully saturated rings. The number of carbonyl (C=O) groups excluding carboxylic acids is 2. The lowest BCUT2D eigenvalue weighted by molar-refractivity contribution is -0.147. The van der Waals surface area contributed by atoms with E-state index in [4.69, 9.17) is 21.1 Å². The van der Waals surface area contributed by atoms with Crippen molar-refractivity contribution in [3.63, 3.8) is 0 Å². The van der Waals surface area contributed by atoms with Gasteiger partial charge >= 0.3 is 12.1 Å². The molecule has 0 radical (unpaired) electrons. The van der Waals surface area contributed by atoms with Gasteiger partial charge < -0.3 is 14.4 Å². The summed E-state index contributed by atoms with van der Waals surface area (Å²) in [6.07, 6.45) is 0.996. The van der Waals surface area contributed by atoms with Gasteiger partial charge in [-0.2, -0.15) is 0 Å². The Balaban J connectivity index is 2.18. The number of methoxy groups -OCH3 is 1. The molecule has 1 aliphatic rings. The summed E-state index contributed by atoms with van der Waals surface area (Å²) in [6.45, 7) is 6.35. The van der Waals surface area contributed by atoms with E-state index in [9.17, 15) is 9.59 Å². The SMILES string of the molecule is COC(=O)C1CN(c2ccnc(Cl)n2)CCN1C(=O)OC(C)(C)C. The monoisotopic (exact) mass is 356 g/mol. The van der Waals surface area contributed by atoms with E-state index in [1.165, 1.54) is 18.2 Å². The Labute approximate surface area is 145 Å². The molecule has 1 aromatic heterocycles. The van der Waals surface area contributed by atoms with Gasteiger partial charge in [0.25, 0.3) is 0 Å². The van der Waals surface area contributed by atoms with Crippen LogP contribution in [-0.4, -0.2) is 65.3 Å². The second-order valence-electron chi connectivity index (χ2n) is 6.34. The van der Waals surface area contributed by atoms with Crippen LogP contribution in [0.3, 0.4) is 0 Å². The molecule has 0 aromatic carbocycles.